The smallest absolute Gasteiger partial charge is 0.0238 e. The molecular formula is C12H22N2S. The van der Waals surface area contributed by atoms with Crippen LogP contribution in [0.25, 0.3) is 0 Å². The van der Waals surface area contributed by atoms with Crippen molar-refractivity contribution in [2.75, 3.05) is 26.7 Å². The molecule has 1 N–H and O–H groups in total. The third-order valence-corrected chi connectivity index (χ3v) is 3.08. The van der Waals surface area contributed by atoms with Gasteiger partial charge in [0.05, 0.1) is 0 Å². The second-order valence-electron chi connectivity index (χ2n) is 3.97. The van der Waals surface area contributed by atoms with E-state index in [0.29, 0.717) is 0 Å². The van der Waals surface area contributed by atoms with Gasteiger partial charge in [0, 0.05) is 6.54 Å². The summed E-state index contributed by atoms with van der Waals surface area (Å²) in [7, 11) is 2.19. The largest absolute Gasteiger partial charge is 0.317 e. The van der Waals surface area contributed by atoms with E-state index in [4.69, 9.17) is 0 Å². The van der Waals surface area contributed by atoms with E-state index in [2.05, 4.69) is 41.0 Å². The van der Waals surface area contributed by atoms with Gasteiger partial charge in [0.1, 0.15) is 0 Å². The van der Waals surface area contributed by atoms with Crippen molar-refractivity contribution in [1.29, 1.82) is 0 Å². The van der Waals surface area contributed by atoms with E-state index >= 15 is 0 Å². The minimum absolute atomic E-state index is 1.08. The topological polar surface area (TPSA) is 15.3 Å². The Kier molecular flexibility index (Phi) is 6.64. The minimum atomic E-state index is 1.08. The molecule has 1 aromatic heterocycles. The van der Waals surface area contributed by atoms with Gasteiger partial charge in [-0.25, -0.2) is 0 Å². The van der Waals surface area contributed by atoms with Crippen LogP contribution in [0.5, 0.6) is 0 Å². The van der Waals surface area contributed by atoms with Crippen molar-refractivity contribution < 1.29 is 0 Å². The Morgan fingerprint density at radius 2 is 2.27 bits per heavy atom. The van der Waals surface area contributed by atoms with Gasteiger partial charge < -0.3 is 10.2 Å². The average molecular weight is 226 g/mol. The summed E-state index contributed by atoms with van der Waals surface area (Å²) >= 11 is 1.78. The Morgan fingerprint density at radius 1 is 1.40 bits per heavy atom. The van der Waals surface area contributed by atoms with Gasteiger partial charge in [0.15, 0.2) is 0 Å². The Morgan fingerprint density at radius 3 is 2.93 bits per heavy atom. The Hall–Kier alpha value is -0.380. The maximum atomic E-state index is 3.42. The first-order valence-electron chi connectivity index (χ1n) is 5.73. The maximum absolute atomic E-state index is 3.42. The Bertz CT molecular complexity index is 234. The highest BCUT2D eigenvalue weighted by Crippen LogP contribution is 2.08. The van der Waals surface area contributed by atoms with E-state index in [1.807, 2.05) is 0 Å². The zero-order chi connectivity index (χ0) is 10.9. The highest BCUT2D eigenvalue weighted by molar-refractivity contribution is 7.07. The summed E-state index contributed by atoms with van der Waals surface area (Å²) in [6.07, 6.45) is 2.46. The second kappa shape index (κ2) is 7.85. The van der Waals surface area contributed by atoms with E-state index in [-0.39, 0.29) is 0 Å². The van der Waals surface area contributed by atoms with Gasteiger partial charge >= 0.3 is 0 Å². The van der Waals surface area contributed by atoms with Crippen LogP contribution in [0.15, 0.2) is 16.8 Å². The second-order valence-corrected chi connectivity index (χ2v) is 4.75. The molecule has 0 atom stereocenters. The van der Waals surface area contributed by atoms with Crippen LogP contribution in [0.2, 0.25) is 0 Å². The minimum Gasteiger partial charge on any atom is -0.317 e. The van der Waals surface area contributed by atoms with Crippen LogP contribution in [-0.4, -0.2) is 31.6 Å². The lowest BCUT2D eigenvalue weighted by Gasteiger charge is -2.15. The molecule has 2 nitrogen and oxygen atoms in total. The molecule has 0 saturated carbocycles. The molecule has 0 saturated heterocycles. The molecular weight excluding hydrogens is 204 g/mol. The number of thiophene rings is 1. The molecule has 0 bridgehead atoms. The number of rotatable bonds is 8. The first-order valence-corrected chi connectivity index (χ1v) is 6.67. The molecule has 86 valence electrons. The molecule has 0 aromatic carbocycles. The fraction of sp³-hybridized carbons (Fsp3) is 0.667. The van der Waals surface area contributed by atoms with Gasteiger partial charge in [-0.15, -0.1) is 0 Å². The summed E-state index contributed by atoms with van der Waals surface area (Å²) < 4.78 is 0. The lowest BCUT2D eigenvalue weighted by Crippen LogP contribution is -2.24. The Labute approximate surface area is 97.3 Å². The van der Waals surface area contributed by atoms with Crippen LogP contribution >= 0.6 is 11.3 Å². The highest BCUT2D eigenvalue weighted by Gasteiger charge is 1.99. The van der Waals surface area contributed by atoms with Crippen molar-refractivity contribution >= 4 is 11.3 Å². The molecule has 0 radical (unpaired) electrons. The quantitative estimate of drug-likeness (QED) is 0.685. The zero-order valence-electron chi connectivity index (χ0n) is 9.83. The molecule has 1 aromatic rings. The first kappa shape index (κ1) is 12.7. The Balaban J connectivity index is 2.01. The fourth-order valence-corrected chi connectivity index (χ4v) is 2.21. The van der Waals surface area contributed by atoms with E-state index < -0.39 is 0 Å². The van der Waals surface area contributed by atoms with Gasteiger partial charge in [0.2, 0.25) is 0 Å². The molecule has 1 heterocycles. The van der Waals surface area contributed by atoms with Crippen LogP contribution in [-0.2, 0) is 6.54 Å². The molecule has 3 heteroatoms. The molecule has 0 aliphatic rings. The van der Waals surface area contributed by atoms with E-state index in [1.165, 1.54) is 24.9 Å². The summed E-state index contributed by atoms with van der Waals surface area (Å²) in [5, 5.41) is 7.80. The number of hydrogen-bond donors (Lipinski definition) is 1. The van der Waals surface area contributed by atoms with Crippen LogP contribution in [0.3, 0.4) is 0 Å². The van der Waals surface area contributed by atoms with Crippen molar-refractivity contribution in [3.05, 3.63) is 22.4 Å². The third-order valence-electron chi connectivity index (χ3n) is 2.35. The average Bonchev–Trinajstić information content (AvgIpc) is 2.70. The lowest BCUT2D eigenvalue weighted by atomic mass is 10.3. The molecule has 0 fully saturated rings. The molecule has 0 unspecified atom stereocenters. The molecule has 15 heavy (non-hydrogen) atoms. The maximum Gasteiger partial charge on any atom is 0.0238 e. The van der Waals surface area contributed by atoms with Crippen LogP contribution in [0.1, 0.15) is 25.3 Å². The van der Waals surface area contributed by atoms with Gasteiger partial charge in [-0.05, 0) is 61.9 Å². The van der Waals surface area contributed by atoms with Crippen molar-refractivity contribution in [3.8, 4) is 0 Å². The van der Waals surface area contributed by atoms with Crippen molar-refractivity contribution in [2.24, 2.45) is 0 Å². The van der Waals surface area contributed by atoms with Gasteiger partial charge in [0.25, 0.3) is 0 Å². The van der Waals surface area contributed by atoms with E-state index in [0.717, 1.165) is 19.6 Å². The summed E-state index contributed by atoms with van der Waals surface area (Å²) in [5.74, 6) is 0. The van der Waals surface area contributed by atoms with E-state index in [1.54, 1.807) is 11.3 Å². The number of nitrogens with zero attached hydrogens (tertiary/aromatic N) is 1. The predicted octanol–water partition coefficient (Wildman–Crippen LogP) is 2.57. The van der Waals surface area contributed by atoms with E-state index in [9.17, 15) is 0 Å². The van der Waals surface area contributed by atoms with Crippen molar-refractivity contribution in [2.45, 2.75) is 26.3 Å². The van der Waals surface area contributed by atoms with Gasteiger partial charge in [-0.2, -0.15) is 11.3 Å². The predicted molar refractivity (Wildman–Crippen MR) is 68.4 cm³/mol. The summed E-state index contributed by atoms with van der Waals surface area (Å²) in [6.45, 7) is 6.75. The first-order chi connectivity index (χ1) is 7.33. The summed E-state index contributed by atoms with van der Waals surface area (Å²) in [5.41, 5.74) is 1.43. The van der Waals surface area contributed by atoms with Crippen molar-refractivity contribution in [3.63, 3.8) is 0 Å². The van der Waals surface area contributed by atoms with Gasteiger partial charge in [-0.3, -0.25) is 0 Å². The lowest BCUT2D eigenvalue weighted by molar-refractivity contribution is 0.320. The van der Waals surface area contributed by atoms with Crippen LogP contribution < -0.4 is 5.32 Å². The SMILES string of the molecule is CCCNCCCN(C)Cc1ccsc1. The standard InChI is InChI=1S/C12H22N2S/c1-3-6-13-7-4-8-14(2)10-12-5-9-15-11-12/h5,9,11,13H,3-4,6-8,10H2,1-2H3. The zero-order valence-corrected chi connectivity index (χ0v) is 10.6. The molecule has 0 aliphatic carbocycles. The number of hydrogen-bond acceptors (Lipinski definition) is 3. The fourth-order valence-electron chi connectivity index (χ4n) is 1.55. The molecule has 0 spiro atoms. The van der Waals surface area contributed by atoms with Crippen LogP contribution in [0, 0.1) is 0 Å². The monoisotopic (exact) mass is 226 g/mol. The third kappa shape index (κ3) is 5.92. The highest BCUT2D eigenvalue weighted by atomic mass is 32.1. The normalized spacial score (nSPS) is 11.1. The molecule has 0 amide bonds. The molecule has 1 rings (SSSR count). The summed E-state index contributed by atoms with van der Waals surface area (Å²) in [6, 6.07) is 2.20. The summed E-state index contributed by atoms with van der Waals surface area (Å²) in [4.78, 5) is 2.38. The molecule has 0 aliphatic heterocycles. The van der Waals surface area contributed by atoms with Crippen LogP contribution in [0.4, 0.5) is 0 Å². The number of nitrogens with one attached hydrogen (secondary N) is 1. The van der Waals surface area contributed by atoms with Crippen molar-refractivity contribution in [1.82, 2.24) is 10.2 Å². The van der Waals surface area contributed by atoms with Gasteiger partial charge in [-0.1, -0.05) is 6.92 Å².